The van der Waals surface area contributed by atoms with E-state index in [4.69, 9.17) is 4.74 Å². The van der Waals surface area contributed by atoms with Crippen molar-refractivity contribution in [2.24, 2.45) is 4.99 Å². The predicted octanol–water partition coefficient (Wildman–Crippen LogP) is 3.91. The van der Waals surface area contributed by atoms with Gasteiger partial charge in [0.05, 0.1) is 17.7 Å². The van der Waals surface area contributed by atoms with Gasteiger partial charge in [-0.15, -0.1) is 0 Å². The fourth-order valence-electron chi connectivity index (χ4n) is 2.39. The maximum atomic E-state index is 12.2. The molecule has 1 aliphatic rings. The molecule has 1 heterocycles. The molecule has 0 bridgehead atoms. The molecule has 1 aliphatic heterocycles. The monoisotopic (exact) mass is 354 g/mol. The largest absolute Gasteiger partial charge is 0.504 e. The summed E-state index contributed by atoms with van der Waals surface area (Å²) in [5.41, 5.74) is 3.49. The van der Waals surface area contributed by atoms with Crippen molar-refractivity contribution in [2.75, 3.05) is 7.11 Å². The Morgan fingerprint density at radius 1 is 1.24 bits per heavy atom. The van der Waals surface area contributed by atoms with E-state index in [0.29, 0.717) is 21.4 Å². The molecule has 1 fully saturated rings. The van der Waals surface area contributed by atoms with E-state index >= 15 is 0 Å². The molecule has 0 unspecified atom stereocenters. The zero-order valence-electron chi connectivity index (χ0n) is 14.2. The molecule has 0 saturated carbocycles. The van der Waals surface area contributed by atoms with E-state index in [-0.39, 0.29) is 11.7 Å². The average molecular weight is 354 g/mol. The van der Waals surface area contributed by atoms with E-state index in [1.54, 1.807) is 24.3 Å². The molecule has 3 rings (SSSR count). The van der Waals surface area contributed by atoms with Gasteiger partial charge in [-0.1, -0.05) is 24.3 Å². The summed E-state index contributed by atoms with van der Waals surface area (Å²) in [6, 6.07) is 11.1. The third-order valence-corrected chi connectivity index (χ3v) is 4.68. The van der Waals surface area contributed by atoms with Gasteiger partial charge in [0.2, 0.25) is 0 Å². The second-order valence-corrected chi connectivity index (χ2v) is 6.70. The van der Waals surface area contributed by atoms with Crippen LogP contribution >= 0.6 is 11.8 Å². The zero-order valence-corrected chi connectivity index (χ0v) is 15.0. The third-order valence-electron chi connectivity index (χ3n) is 3.77. The SMILES string of the molecule is COc1cccc(/C=C2\SC(=Nc3cc(C)ccc3C)NC2=O)c1O. The summed E-state index contributed by atoms with van der Waals surface area (Å²) in [6.45, 7) is 3.98. The summed E-state index contributed by atoms with van der Waals surface area (Å²) in [4.78, 5) is 17.2. The van der Waals surface area contributed by atoms with E-state index in [9.17, 15) is 9.90 Å². The number of amides is 1. The normalized spacial score (nSPS) is 17.2. The summed E-state index contributed by atoms with van der Waals surface area (Å²) in [6.07, 6.45) is 1.63. The molecule has 5 nitrogen and oxygen atoms in total. The number of aryl methyl sites for hydroxylation is 2. The number of nitrogens with one attached hydrogen (secondary N) is 1. The van der Waals surface area contributed by atoms with Crippen molar-refractivity contribution in [1.82, 2.24) is 5.32 Å². The van der Waals surface area contributed by atoms with Crippen LogP contribution in [0.3, 0.4) is 0 Å². The number of carbonyl (C=O) groups excluding carboxylic acids is 1. The van der Waals surface area contributed by atoms with Crippen molar-refractivity contribution in [3.05, 3.63) is 58.0 Å². The smallest absolute Gasteiger partial charge is 0.264 e. The van der Waals surface area contributed by atoms with Crippen LogP contribution in [0, 0.1) is 13.8 Å². The molecule has 0 spiro atoms. The van der Waals surface area contributed by atoms with Crippen LogP contribution in [0.2, 0.25) is 0 Å². The highest BCUT2D eigenvalue weighted by Gasteiger charge is 2.24. The maximum Gasteiger partial charge on any atom is 0.264 e. The number of rotatable bonds is 3. The Morgan fingerprint density at radius 2 is 2.04 bits per heavy atom. The topological polar surface area (TPSA) is 70.9 Å². The first-order valence-corrected chi connectivity index (χ1v) is 8.52. The highest BCUT2D eigenvalue weighted by atomic mass is 32.2. The number of methoxy groups -OCH3 is 1. The first kappa shape index (κ1) is 17.1. The first-order valence-electron chi connectivity index (χ1n) is 7.70. The number of thioether (sulfide) groups is 1. The van der Waals surface area contributed by atoms with Gasteiger partial charge in [0.25, 0.3) is 5.91 Å². The van der Waals surface area contributed by atoms with Crippen molar-refractivity contribution in [1.29, 1.82) is 0 Å². The summed E-state index contributed by atoms with van der Waals surface area (Å²) < 4.78 is 5.09. The lowest BCUT2D eigenvalue weighted by Gasteiger charge is -2.05. The van der Waals surface area contributed by atoms with E-state index in [1.807, 2.05) is 32.0 Å². The maximum absolute atomic E-state index is 12.2. The lowest BCUT2D eigenvalue weighted by Crippen LogP contribution is -2.19. The first-order chi connectivity index (χ1) is 12.0. The number of phenolic OH excluding ortho intramolecular Hbond substituents is 1. The van der Waals surface area contributed by atoms with Crippen molar-refractivity contribution >= 4 is 34.6 Å². The third kappa shape index (κ3) is 3.69. The molecule has 0 atom stereocenters. The molecule has 6 heteroatoms. The number of hydrogen-bond donors (Lipinski definition) is 2. The Balaban J connectivity index is 1.90. The minimum Gasteiger partial charge on any atom is -0.504 e. The van der Waals surface area contributed by atoms with Gasteiger partial charge in [-0.05, 0) is 54.9 Å². The number of aliphatic imine (C=N–C) groups is 1. The van der Waals surface area contributed by atoms with Gasteiger partial charge in [-0.25, -0.2) is 4.99 Å². The molecule has 25 heavy (non-hydrogen) atoms. The van der Waals surface area contributed by atoms with Crippen molar-refractivity contribution in [2.45, 2.75) is 13.8 Å². The van der Waals surface area contributed by atoms with Gasteiger partial charge in [0, 0.05) is 5.56 Å². The lowest BCUT2D eigenvalue weighted by atomic mass is 10.1. The molecule has 0 radical (unpaired) electrons. The van der Waals surface area contributed by atoms with Gasteiger partial charge in [0.1, 0.15) is 0 Å². The summed E-state index contributed by atoms with van der Waals surface area (Å²) in [7, 11) is 1.48. The van der Waals surface area contributed by atoms with Crippen LogP contribution in [-0.2, 0) is 4.79 Å². The number of carbonyl (C=O) groups is 1. The van der Waals surface area contributed by atoms with E-state index in [1.165, 1.54) is 18.9 Å². The molecule has 128 valence electrons. The standard InChI is InChI=1S/C19H18N2O3S/c1-11-7-8-12(2)14(9-11)20-19-21-18(23)16(25-19)10-13-5-4-6-15(24-3)17(13)22/h4-10,22H,1-3H3,(H,20,21,23)/b16-10-. The Bertz CT molecular complexity index is 904. The second-order valence-electron chi connectivity index (χ2n) is 5.67. The Hall–Kier alpha value is -2.73. The van der Waals surface area contributed by atoms with Gasteiger partial charge in [0.15, 0.2) is 16.7 Å². The molecule has 1 saturated heterocycles. The molecule has 2 aromatic rings. The number of para-hydroxylation sites is 1. The summed E-state index contributed by atoms with van der Waals surface area (Å²) >= 11 is 1.24. The Kier molecular flexibility index (Phi) is 4.81. The van der Waals surface area contributed by atoms with Crippen LogP contribution < -0.4 is 10.1 Å². The number of phenols is 1. The fourth-order valence-corrected chi connectivity index (χ4v) is 3.22. The second kappa shape index (κ2) is 7.03. The van der Waals surface area contributed by atoms with Crippen LogP contribution in [0.15, 0.2) is 46.3 Å². The molecule has 0 aliphatic carbocycles. The predicted molar refractivity (Wildman–Crippen MR) is 101 cm³/mol. The molecular weight excluding hydrogens is 336 g/mol. The average Bonchev–Trinajstić information content (AvgIpc) is 2.92. The van der Waals surface area contributed by atoms with Crippen LogP contribution in [0.5, 0.6) is 11.5 Å². The number of amidine groups is 1. The van der Waals surface area contributed by atoms with Crippen LogP contribution in [0.25, 0.3) is 6.08 Å². The van der Waals surface area contributed by atoms with Crippen molar-refractivity contribution < 1.29 is 14.6 Å². The van der Waals surface area contributed by atoms with Gasteiger partial charge < -0.3 is 15.2 Å². The van der Waals surface area contributed by atoms with Crippen LogP contribution in [0.1, 0.15) is 16.7 Å². The quantitative estimate of drug-likeness (QED) is 0.820. The van der Waals surface area contributed by atoms with Crippen molar-refractivity contribution in [3.63, 3.8) is 0 Å². The number of nitrogens with zero attached hydrogens (tertiary/aromatic N) is 1. The van der Waals surface area contributed by atoms with Crippen LogP contribution in [0.4, 0.5) is 5.69 Å². The number of ether oxygens (including phenoxy) is 1. The minimum absolute atomic E-state index is 0.00539. The zero-order chi connectivity index (χ0) is 18.0. The van der Waals surface area contributed by atoms with E-state index < -0.39 is 0 Å². The molecule has 2 N–H and O–H groups in total. The fraction of sp³-hybridized carbons (Fsp3) is 0.158. The Labute approximate surface area is 150 Å². The Morgan fingerprint density at radius 3 is 2.80 bits per heavy atom. The summed E-state index contributed by atoms with van der Waals surface area (Å²) in [5, 5.41) is 13.4. The lowest BCUT2D eigenvalue weighted by molar-refractivity contribution is -0.115. The number of aromatic hydroxyl groups is 1. The molecular formula is C19H18N2O3S. The molecule has 0 aromatic heterocycles. The number of benzene rings is 2. The molecule has 1 amide bonds. The van der Waals surface area contributed by atoms with E-state index in [0.717, 1.165) is 16.8 Å². The number of hydrogen-bond acceptors (Lipinski definition) is 5. The van der Waals surface area contributed by atoms with Crippen molar-refractivity contribution in [3.8, 4) is 11.5 Å². The summed E-state index contributed by atoms with van der Waals surface area (Å²) in [5.74, 6) is 0.129. The van der Waals surface area contributed by atoms with E-state index in [2.05, 4.69) is 10.3 Å². The highest BCUT2D eigenvalue weighted by Crippen LogP contribution is 2.34. The van der Waals surface area contributed by atoms with Crippen LogP contribution in [-0.4, -0.2) is 23.3 Å². The molecule has 2 aromatic carbocycles. The van der Waals surface area contributed by atoms with Gasteiger partial charge in [-0.3, -0.25) is 4.79 Å². The minimum atomic E-state index is -0.240. The van der Waals surface area contributed by atoms with Gasteiger partial charge in [-0.2, -0.15) is 0 Å². The van der Waals surface area contributed by atoms with Gasteiger partial charge >= 0.3 is 0 Å². The highest BCUT2D eigenvalue weighted by molar-refractivity contribution is 8.18.